The number of aromatic nitrogens is 1. The van der Waals surface area contributed by atoms with Crippen LogP contribution in [0, 0.1) is 23.2 Å². The van der Waals surface area contributed by atoms with Crippen molar-refractivity contribution in [3.8, 4) is 0 Å². The minimum Gasteiger partial charge on any atom is -0.396 e. The lowest BCUT2D eigenvalue weighted by Gasteiger charge is -2.59. The number of hydrogen-bond donors (Lipinski definition) is 2. The van der Waals surface area contributed by atoms with Crippen LogP contribution < -0.4 is 11.1 Å². The van der Waals surface area contributed by atoms with Crippen LogP contribution in [0.15, 0.2) is 12.1 Å². The van der Waals surface area contributed by atoms with E-state index in [0.717, 1.165) is 23.6 Å². The predicted octanol–water partition coefficient (Wildman–Crippen LogP) is 4.33. The maximum atomic E-state index is 6.05. The first kappa shape index (κ1) is 13.7. The van der Waals surface area contributed by atoms with Crippen LogP contribution in [0.2, 0.25) is 5.15 Å². The highest BCUT2D eigenvalue weighted by atomic mass is 35.5. The monoisotopic (exact) mass is 305 g/mol. The van der Waals surface area contributed by atoms with E-state index >= 15 is 0 Å². The molecule has 0 radical (unpaired) electrons. The zero-order valence-electron chi connectivity index (χ0n) is 12.6. The van der Waals surface area contributed by atoms with Gasteiger partial charge in [-0.2, -0.15) is 0 Å². The van der Waals surface area contributed by atoms with Gasteiger partial charge in [0, 0.05) is 6.04 Å². The lowest BCUT2D eigenvalue weighted by molar-refractivity contribution is -0.0602. The number of pyridine rings is 1. The smallest absolute Gasteiger partial charge is 0.151 e. The Morgan fingerprint density at radius 1 is 1.19 bits per heavy atom. The number of rotatable bonds is 3. The minimum absolute atomic E-state index is 0.416. The fraction of sp³-hybridized carbons (Fsp3) is 0.706. The van der Waals surface area contributed by atoms with Gasteiger partial charge in [0.25, 0.3) is 0 Å². The lowest BCUT2D eigenvalue weighted by Crippen LogP contribution is -2.53. The third-order valence-corrected chi connectivity index (χ3v) is 6.46. The Hall–Kier alpha value is -0.960. The van der Waals surface area contributed by atoms with Crippen LogP contribution in [0.4, 0.5) is 11.5 Å². The predicted molar refractivity (Wildman–Crippen MR) is 87.3 cm³/mol. The van der Waals surface area contributed by atoms with E-state index in [1.165, 1.54) is 38.5 Å². The Balaban J connectivity index is 1.57. The van der Waals surface area contributed by atoms with Gasteiger partial charge in [-0.3, -0.25) is 0 Å². The van der Waals surface area contributed by atoms with Crippen LogP contribution in [0.25, 0.3) is 0 Å². The van der Waals surface area contributed by atoms with Crippen molar-refractivity contribution < 1.29 is 0 Å². The summed E-state index contributed by atoms with van der Waals surface area (Å²) in [5.41, 5.74) is 7.19. The molecule has 5 rings (SSSR count). The Bertz CT molecular complexity index is 522. The minimum atomic E-state index is 0.416. The third-order valence-electron chi connectivity index (χ3n) is 6.25. The maximum Gasteiger partial charge on any atom is 0.151 e. The van der Waals surface area contributed by atoms with Crippen molar-refractivity contribution >= 4 is 23.1 Å². The molecule has 0 saturated heterocycles. The van der Waals surface area contributed by atoms with Crippen molar-refractivity contribution in [2.75, 3.05) is 11.1 Å². The average Bonchev–Trinajstić information content (AvgIpc) is 2.41. The van der Waals surface area contributed by atoms with Crippen molar-refractivity contribution in [3.63, 3.8) is 0 Å². The standard InChI is InChI=1S/C17H24ClN3/c1-10(20-16-14(19)2-3-15(18)21-16)17-7-11-4-12(8-17)6-13(5-11)9-17/h2-3,10-13H,4-9,19H2,1H3,(H,20,21). The number of nitrogens with two attached hydrogens (primary N) is 1. The molecule has 3 nitrogen and oxygen atoms in total. The van der Waals surface area contributed by atoms with Gasteiger partial charge in [-0.15, -0.1) is 0 Å². The molecule has 4 saturated carbocycles. The number of hydrogen-bond acceptors (Lipinski definition) is 3. The van der Waals surface area contributed by atoms with Gasteiger partial charge in [0.1, 0.15) is 5.15 Å². The van der Waals surface area contributed by atoms with E-state index < -0.39 is 0 Å². The number of nitrogens with one attached hydrogen (secondary N) is 1. The second kappa shape index (κ2) is 4.77. The molecule has 114 valence electrons. The molecular formula is C17H24ClN3. The van der Waals surface area contributed by atoms with Crippen molar-refractivity contribution in [3.05, 3.63) is 17.3 Å². The van der Waals surface area contributed by atoms with Gasteiger partial charge in [0.2, 0.25) is 0 Å². The van der Waals surface area contributed by atoms with E-state index in [4.69, 9.17) is 17.3 Å². The van der Waals surface area contributed by atoms with Crippen LogP contribution in [0.1, 0.15) is 45.4 Å². The molecule has 21 heavy (non-hydrogen) atoms. The summed E-state index contributed by atoms with van der Waals surface area (Å²) in [6.45, 7) is 2.31. The van der Waals surface area contributed by atoms with Crippen LogP contribution >= 0.6 is 11.6 Å². The second-order valence-corrected chi connectivity index (χ2v) is 8.11. The third kappa shape index (κ3) is 2.30. The molecule has 1 heterocycles. The molecule has 0 aromatic carbocycles. The number of nitrogens with zero attached hydrogens (tertiary/aromatic N) is 1. The van der Waals surface area contributed by atoms with Crippen molar-refractivity contribution in [1.82, 2.24) is 4.98 Å². The summed E-state index contributed by atoms with van der Waals surface area (Å²) in [5.74, 6) is 3.64. The first-order valence-electron chi connectivity index (χ1n) is 8.23. The number of anilines is 2. The molecule has 4 fully saturated rings. The molecule has 1 unspecified atom stereocenters. The molecule has 4 bridgehead atoms. The van der Waals surface area contributed by atoms with E-state index in [2.05, 4.69) is 17.2 Å². The second-order valence-electron chi connectivity index (χ2n) is 7.72. The lowest BCUT2D eigenvalue weighted by atomic mass is 9.48. The average molecular weight is 306 g/mol. The highest BCUT2D eigenvalue weighted by molar-refractivity contribution is 6.29. The molecular weight excluding hydrogens is 282 g/mol. The van der Waals surface area contributed by atoms with Gasteiger partial charge < -0.3 is 11.1 Å². The maximum absolute atomic E-state index is 6.05. The first-order chi connectivity index (χ1) is 10.0. The molecule has 0 spiro atoms. The largest absolute Gasteiger partial charge is 0.396 e. The highest BCUT2D eigenvalue weighted by Crippen LogP contribution is 2.61. The van der Waals surface area contributed by atoms with Crippen LogP contribution in [0.3, 0.4) is 0 Å². The van der Waals surface area contributed by atoms with Gasteiger partial charge in [-0.05, 0) is 80.8 Å². The summed E-state index contributed by atoms with van der Waals surface area (Å²) >= 11 is 6.01. The summed E-state index contributed by atoms with van der Waals surface area (Å²) in [6.07, 6.45) is 8.57. The van der Waals surface area contributed by atoms with E-state index in [1.54, 1.807) is 6.07 Å². The summed E-state index contributed by atoms with van der Waals surface area (Å²) in [7, 11) is 0. The zero-order valence-corrected chi connectivity index (χ0v) is 13.4. The molecule has 1 aromatic heterocycles. The summed E-state index contributed by atoms with van der Waals surface area (Å²) in [6, 6.07) is 4.00. The van der Waals surface area contributed by atoms with Crippen LogP contribution in [-0.2, 0) is 0 Å². The Morgan fingerprint density at radius 3 is 2.33 bits per heavy atom. The zero-order chi connectivity index (χ0) is 14.6. The molecule has 0 aliphatic heterocycles. The molecule has 3 N–H and O–H groups in total. The summed E-state index contributed by atoms with van der Waals surface area (Å²) in [4.78, 5) is 4.37. The molecule has 4 heteroatoms. The van der Waals surface area contributed by atoms with E-state index in [0.29, 0.717) is 22.3 Å². The topological polar surface area (TPSA) is 50.9 Å². The number of nitrogen functional groups attached to an aromatic ring is 1. The molecule has 4 aliphatic rings. The Labute approximate surface area is 131 Å². The van der Waals surface area contributed by atoms with Crippen molar-refractivity contribution in [2.24, 2.45) is 23.2 Å². The van der Waals surface area contributed by atoms with Crippen molar-refractivity contribution in [1.29, 1.82) is 0 Å². The quantitative estimate of drug-likeness (QED) is 0.817. The van der Waals surface area contributed by atoms with Gasteiger partial charge in [-0.1, -0.05) is 11.6 Å². The summed E-state index contributed by atoms with van der Waals surface area (Å²) < 4.78 is 0. The SMILES string of the molecule is CC(Nc1nc(Cl)ccc1N)C12CC3CC(CC(C3)C1)C2. The fourth-order valence-corrected chi connectivity index (χ4v) is 5.78. The summed E-state index contributed by atoms with van der Waals surface area (Å²) in [5, 5.41) is 4.09. The van der Waals surface area contributed by atoms with Crippen LogP contribution in [-0.4, -0.2) is 11.0 Å². The molecule has 1 aromatic rings. The highest BCUT2D eigenvalue weighted by Gasteiger charge is 2.53. The van der Waals surface area contributed by atoms with E-state index in [1.807, 2.05) is 6.07 Å². The van der Waals surface area contributed by atoms with Gasteiger partial charge >= 0.3 is 0 Å². The molecule has 4 aliphatic carbocycles. The Morgan fingerprint density at radius 2 is 1.76 bits per heavy atom. The van der Waals surface area contributed by atoms with Gasteiger partial charge in [0.05, 0.1) is 5.69 Å². The van der Waals surface area contributed by atoms with E-state index in [9.17, 15) is 0 Å². The molecule has 0 amide bonds. The fourth-order valence-electron chi connectivity index (χ4n) is 5.63. The Kier molecular flexibility index (Phi) is 3.11. The molecule has 1 atom stereocenters. The van der Waals surface area contributed by atoms with Gasteiger partial charge in [0.15, 0.2) is 5.82 Å². The normalized spacial score (nSPS) is 38.5. The van der Waals surface area contributed by atoms with Gasteiger partial charge in [-0.25, -0.2) is 4.98 Å². The first-order valence-corrected chi connectivity index (χ1v) is 8.60. The van der Waals surface area contributed by atoms with Crippen molar-refractivity contribution in [2.45, 2.75) is 51.5 Å². The number of halogens is 1. The van der Waals surface area contributed by atoms with Crippen LogP contribution in [0.5, 0.6) is 0 Å². The van der Waals surface area contributed by atoms with E-state index in [-0.39, 0.29) is 0 Å².